The number of nitrogens with one attached hydrogen (secondary N) is 3. The molecule has 1 heterocycles. The minimum absolute atomic E-state index is 0.00515. The molecule has 0 saturated carbocycles. The van der Waals surface area contributed by atoms with Gasteiger partial charge in [-0.3, -0.25) is 14.4 Å². The Morgan fingerprint density at radius 3 is 2.11 bits per heavy atom. The van der Waals surface area contributed by atoms with Gasteiger partial charge in [0, 0.05) is 27.9 Å². The lowest BCUT2D eigenvalue weighted by atomic mass is 10.1. The minimum atomic E-state index is -0.537. The fraction of sp³-hybridized carbons (Fsp3) is 0.0833. The number of para-hydroxylation sites is 2. The van der Waals surface area contributed by atoms with Crippen molar-refractivity contribution in [3.63, 3.8) is 0 Å². The molecule has 0 fully saturated rings. The van der Waals surface area contributed by atoms with E-state index in [-0.39, 0.29) is 16.9 Å². The zero-order chi connectivity index (χ0) is 31.6. The molecule has 0 unspecified atom stereocenters. The third-order valence-electron chi connectivity index (χ3n) is 6.65. The zero-order valence-electron chi connectivity index (χ0n) is 24.7. The lowest BCUT2D eigenvalue weighted by molar-refractivity contribution is -0.115. The van der Waals surface area contributed by atoms with Crippen LogP contribution in [0.2, 0.25) is 0 Å². The van der Waals surface area contributed by atoms with Gasteiger partial charge in [0.15, 0.2) is 0 Å². The number of rotatable bonds is 11. The summed E-state index contributed by atoms with van der Waals surface area (Å²) in [5.41, 5.74) is 2.40. The Hall–Kier alpha value is -5.54. The van der Waals surface area contributed by atoms with E-state index in [0.29, 0.717) is 28.5 Å². The van der Waals surface area contributed by atoms with Crippen LogP contribution in [0, 0.1) is 0 Å². The van der Waals surface area contributed by atoms with Gasteiger partial charge >= 0.3 is 0 Å². The van der Waals surface area contributed by atoms with E-state index >= 15 is 0 Å². The van der Waals surface area contributed by atoms with Crippen molar-refractivity contribution in [3.05, 3.63) is 138 Å². The van der Waals surface area contributed by atoms with E-state index in [9.17, 15) is 14.4 Å². The normalized spacial score (nSPS) is 11.7. The van der Waals surface area contributed by atoms with E-state index in [4.69, 9.17) is 9.15 Å². The molecule has 0 bridgehead atoms. The maximum atomic E-state index is 13.5. The van der Waals surface area contributed by atoms with Crippen molar-refractivity contribution in [2.75, 3.05) is 17.7 Å². The summed E-state index contributed by atoms with van der Waals surface area (Å²) in [6, 6.07) is 36.0. The second kappa shape index (κ2) is 14.8. The van der Waals surface area contributed by atoms with Gasteiger partial charge in [-0.1, -0.05) is 48.5 Å². The van der Waals surface area contributed by atoms with Crippen LogP contribution < -0.4 is 20.7 Å². The Kier molecular flexibility index (Phi) is 10.1. The molecule has 0 aliphatic carbocycles. The fourth-order valence-electron chi connectivity index (χ4n) is 4.35. The summed E-state index contributed by atoms with van der Waals surface area (Å²) >= 11 is 1.40. The van der Waals surface area contributed by atoms with E-state index in [1.165, 1.54) is 17.8 Å². The van der Waals surface area contributed by atoms with Crippen molar-refractivity contribution in [1.29, 1.82) is 0 Å². The summed E-state index contributed by atoms with van der Waals surface area (Å²) in [5, 5.41) is 8.12. The fourth-order valence-corrected chi connectivity index (χ4v) is 5.21. The summed E-state index contributed by atoms with van der Waals surface area (Å²) in [6.07, 6.45) is 1.48. The Morgan fingerprint density at radius 2 is 1.40 bits per heavy atom. The van der Waals surface area contributed by atoms with Crippen molar-refractivity contribution in [3.8, 4) is 17.1 Å². The highest BCUT2D eigenvalue weighted by molar-refractivity contribution is 8.00. The summed E-state index contributed by atoms with van der Waals surface area (Å²) in [4.78, 5) is 40.0. The maximum absolute atomic E-state index is 13.5. The van der Waals surface area contributed by atoms with Crippen LogP contribution in [0.15, 0.2) is 136 Å². The highest BCUT2D eigenvalue weighted by Gasteiger charge is 2.18. The minimum Gasteiger partial charge on any atom is -0.496 e. The van der Waals surface area contributed by atoms with Gasteiger partial charge in [0.05, 0.1) is 17.9 Å². The molecule has 9 heteroatoms. The quantitative estimate of drug-likeness (QED) is 0.105. The van der Waals surface area contributed by atoms with Crippen LogP contribution >= 0.6 is 11.8 Å². The van der Waals surface area contributed by atoms with E-state index < -0.39 is 11.8 Å². The number of ether oxygens (including phenoxy) is 1. The first kappa shape index (κ1) is 30.9. The number of anilines is 2. The van der Waals surface area contributed by atoms with Crippen molar-refractivity contribution in [2.45, 2.75) is 17.1 Å². The van der Waals surface area contributed by atoms with Crippen LogP contribution in [-0.2, 0) is 9.59 Å². The lowest BCUT2D eigenvalue weighted by Crippen LogP contribution is -2.30. The molecule has 1 aromatic heterocycles. The van der Waals surface area contributed by atoms with Crippen molar-refractivity contribution < 1.29 is 23.5 Å². The second-order valence-corrected chi connectivity index (χ2v) is 11.3. The number of carbonyl (C=O) groups excluding carboxylic acids is 3. The molecular weight excluding hydrogens is 586 g/mol. The number of benzene rings is 4. The van der Waals surface area contributed by atoms with Gasteiger partial charge in [0.2, 0.25) is 5.91 Å². The summed E-state index contributed by atoms with van der Waals surface area (Å²) in [7, 11) is 1.58. The molecule has 45 heavy (non-hydrogen) atoms. The first-order valence-electron chi connectivity index (χ1n) is 14.1. The molecule has 3 N–H and O–H groups in total. The third-order valence-corrected chi connectivity index (χ3v) is 7.76. The molecule has 5 aromatic rings. The number of methoxy groups -OCH3 is 1. The molecule has 8 nitrogen and oxygen atoms in total. The molecule has 0 spiro atoms. The number of amides is 3. The Balaban J connectivity index is 1.31. The first-order chi connectivity index (χ1) is 21.9. The summed E-state index contributed by atoms with van der Waals surface area (Å²) in [6.45, 7) is 1.83. The molecule has 4 aromatic carbocycles. The Labute approximate surface area is 265 Å². The average Bonchev–Trinajstić information content (AvgIpc) is 3.54. The Morgan fingerprint density at radius 1 is 0.756 bits per heavy atom. The van der Waals surface area contributed by atoms with Crippen LogP contribution in [0.3, 0.4) is 0 Å². The maximum Gasteiger partial charge on any atom is 0.272 e. The molecular formula is C36H31N3O5S. The predicted octanol–water partition coefficient (Wildman–Crippen LogP) is 7.48. The molecule has 0 radical (unpaired) electrons. The van der Waals surface area contributed by atoms with Crippen molar-refractivity contribution in [2.24, 2.45) is 0 Å². The molecule has 0 aliphatic rings. The van der Waals surface area contributed by atoms with Crippen molar-refractivity contribution >= 4 is 46.9 Å². The standard InChI is InChI=1S/C36H31N3O5S/c1-24(34(40)37-26-13-7-4-8-14-26)45-29-20-17-27(18-21-29)38-36(42)31(39-35(41)25-11-5-3-6-12-25)23-28-19-22-33(44-28)30-15-9-10-16-32(30)43-2/h3-24H,1-2H3,(H,37,40)(H,38,42)(H,39,41)/b31-23+/t24-/m0/s1. The van der Waals surface area contributed by atoms with Gasteiger partial charge in [0.25, 0.3) is 11.8 Å². The third kappa shape index (κ3) is 8.31. The first-order valence-corrected chi connectivity index (χ1v) is 15.0. The van der Waals surface area contributed by atoms with E-state index in [1.54, 1.807) is 61.7 Å². The van der Waals surface area contributed by atoms with Crippen LogP contribution in [0.25, 0.3) is 17.4 Å². The second-order valence-electron chi connectivity index (χ2n) is 9.87. The largest absolute Gasteiger partial charge is 0.496 e. The van der Waals surface area contributed by atoms with Crippen LogP contribution in [-0.4, -0.2) is 30.1 Å². The SMILES string of the molecule is COc1ccccc1-c1ccc(/C=C(/NC(=O)c2ccccc2)C(=O)Nc2ccc(S[C@@H](C)C(=O)Nc3ccccc3)cc2)o1. The van der Waals surface area contributed by atoms with Gasteiger partial charge in [-0.15, -0.1) is 11.8 Å². The average molecular weight is 618 g/mol. The van der Waals surface area contributed by atoms with Gasteiger partial charge in [-0.05, 0) is 79.7 Å². The molecule has 3 amide bonds. The summed E-state index contributed by atoms with van der Waals surface area (Å²) < 4.78 is 11.5. The highest BCUT2D eigenvalue weighted by Crippen LogP contribution is 2.31. The monoisotopic (exact) mass is 617 g/mol. The summed E-state index contributed by atoms with van der Waals surface area (Å²) in [5.74, 6) is 0.468. The van der Waals surface area contributed by atoms with Gasteiger partial charge < -0.3 is 25.1 Å². The van der Waals surface area contributed by atoms with Crippen LogP contribution in [0.4, 0.5) is 11.4 Å². The Bertz CT molecular complexity index is 1800. The van der Waals surface area contributed by atoms with E-state index in [1.807, 2.05) is 73.7 Å². The number of hydrogen-bond donors (Lipinski definition) is 3. The van der Waals surface area contributed by atoms with E-state index in [0.717, 1.165) is 16.1 Å². The van der Waals surface area contributed by atoms with Gasteiger partial charge in [-0.2, -0.15) is 0 Å². The number of hydrogen-bond acceptors (Lipinski definition) is 6. The number of thioether (sulfide) groups is 1. The molecule has 1 atom stereocenters. The highest BCUT2D eigenvalue weighted by atomic mass is 32.2. The van der Waals surface area contributed by atoms with E-state index in [2.05, 4.69) is 16.0 Å². The van der Waals surface area contributed by atoms with Gasteiger partial charge in [-0.25, -0.2) is 0 Å². The number of carbonyl (C=O) groups is 3. The molecule has 0 aliphatic heterocycles. The zero-order valence-corrected chi connectivity index (χ0v) is 25.5. The smallest absolute Gasteiger partial charge is 0.272 e. The molecule has 226 valence electrons. The van der Waals surface area contributed by atoms with Crippen LogP contribution in [0.1, 0.15) is 23.0 Å². The van der Waals surface area contributed by atoms with Crippen molar-refractivity contribution in [1.82, 2.24) is 5.32 Å². The van der Waals surface area contributed by atoms with Crippen LogP contribution in [0.5, 0.6) is 5.75 Å². The topological polar surface area (TPSA) is 110 Å². The number of furan rings is 1. The molecule has 0 saturated heterocycles. The lowest BCUT2D eigenvalue weighted by Gasteiger charge is -2.13. The predicted molar refractivity (Wildman–Crippen MR) is 178 cm³/mol. The van der Waals surface area contributed by atoms with Gasteiger partial charge in [0.1, 0.15) is 23.0 Å². The molecule has 5 rings (SSSR count).